The molecule has 0 saturated carbocycles. The summed E-state index contributed by atoms with van der Waals surface area (Å²) in [6, 6.07) is 19.5. The Balaban J connectivity index is 0.000000572. The number of rotatable bonds is 26. The zero-order valence-electron chi connectivity index (χ0n) is 63.5. The van der Waals surface area contributed by atoms with E-state index in [0.717, 1.165) is 22.1 Å². The van der Waals surface area contributed by atoms with Crippen LogP contribution in [0.5, 0.6) is 0 Å². The number of nitrogens with one attached hydrogen (secondary N) is 1. The Morgan fingerprint density at radius 2 is 1.33 bits per heavy atom. The number of phosphoric ester groups is 1. The maximum atomic E-state index is 14.4. The van der Waals surface area contributed by atoms with E-state index in [1.54, 1.807) is 4.57 Å². The Morgan fingerprint density at radius 3 is 1.94 bits per heavy atom. The number of aliphatic hydroxyl groups is 2. The SMILES string of the molecule is C/C1=C2/[N-]/C(=C\C3[N-][C@@H](/C(C)=C4\[N-][C@H]([C@H](CC(N)=O)[C@@]4(C)CCC(=O)NC[C@@H](C)OP(=O)(O)O[C@H]4[C@@H](O)[C@@H]([n+]5c[n-]c6cc(C)c(C)cc65)O[C@@H]4CO)[C@]4(C)[N-]C1[C@@H](CCC(N)=O)[C@]4(C)CC(N)=O)[C@@H](CCC(N)=O)C3(C)C)[C@@H](CCC(N)=O)[C@]2(C)CC(N)=O.[C-]#Cc1ccc2ccc3cccc4ccc1c2c34.[Co]. The number of benzene rings is 5. The van der Waals surface area contributed by atoms with E-state index in [2.05, 4.69) is 64.8 Å². The summed E-state index contributed by atoms with van der Waals surface area (Å²) in [5.41, 5.74) is 37.0. The number of primary amides is 6. The molecule has 1 aromatic heterocycles. The molecule has 109 heavy (non-hydrogen) atoms. The van der Waals surface area contributed by atoms with Crippen molar-refractivity contribution in [2.24, 2.45) is 79.7 Å². The number of amides is 7. The maximum Gasteiger partial charge on any atom is 0.472 e. The van der Waals surface area contributed by atoms with Crippen molar-refractivity contribution >= 4 is 92.5 Å². The molecule has 6 aromatic rings. The van der Waals surface area contributed by atoms with Gasteiger partial charge >= 0.3 is 7.82 Å². The van der Waals surface area contributed by atoms with Crippen LogP contribution in [0, 0.1) is 71.5 Å². The molecule has 6 aliphatic rings. The van der Waals surface area contributed by atoms with Crippen LogP contribution in [0.25, 0.3) is 64.6 Å². The molecule has 1 radical (unpaired) electrons. The van der Waals surface area contributed by atoms with Crippen LogP contribution in [-0.2, 0) is 68.7 Å². The Kier molecular flexibility index (Phi) is 24.3. The number of carbonyl (C=O) groups is 7. The van der Waals surface area contributed by atoms with E-state index in [4.69, 9.17) is 75.9 Å². The number of aryl methyl sites for hydroxylation is 2. The molecule has 6 aliphatic heterocycles. The topological polar surface area (TPSA) is 467 Å². The molecule has 0 spiro atoms. The molecule has 5 fully saturated rings. The number of nitrogens with two attached hydrogens (primary N) is 6. The van der Waals surface area contributed by atoms with Crippen molar-refractivity contribution in [1.82, 2.24) is 10.3 Å². The largest absolute Gasteiger partial charge is 0.685 e. The molecule has 3 unspecified atom stereocenters. The fourth-order valence-electron chi connectivity index (χ4n) is 18.9. The van der Waals surface area contributed by atoms with Crippen molar-refractivity contribution in [3.8, 4) is 5.92 Å². The number of nitrogens with zero attached hydrogens (tertiary/aromatic N) is 6. The summed E-state index contributed by atoms with van der Waals surface area (Å²) < 4.78 is 32.3. The summed E-state index contributed by atoms with van der Waals surface area (Å²) in [4.78, 5) is 109. The molecule has 7 heterocycles. The van der Waals surface area contributed by atoms with Crippen molar-refractivity contribution in [2.45, 2.75) is 207 Å². The normalized spacial score (nSPS) is 32.2. The second kappa shape index (κ2) is 31.8. The number of aromatic nitrogens is 2. The van der Waals surface area contributed by atoms with E-state index < -0.39 is 161 Å². The molecule has 5 saturated heterocycles. The van der Waals surface area contributed by atoms with Gasteiger partial charge in [0.05, 0.1) is 30.1 Å². The molecule has 0 aliphatic carbocycles. The second-order valence-corrected chi connectivity index (χ2v) is 33.5. The third-order valence-corrected chi connectivity index (χ3v) is 26.0. The predicted octanol–water partition coefficient (Wildman–Crippen LogP) is 8.42. The first-order chi connectivity index (χ1) is 50.7. The van der Waals surface area contributed by atoms with Crippen LogP contribution in [0.15, 0.2) is 107 Å². The van der Waals surface area contributed by atoms with Gasteiger partial charge in [-0.25, -0.2) is 9.55 Å². The zero-order valence-corrected chi connectivity index (χ0v) is 65.4. The van der Waals surface area contributed by atoms with Gasteiger partial charge in [0.2, 0.25) is 41.4 Å². The molecular formula is C80H101CoN13O14P-5. The van der Waals surface area contributed by atoms with Crippen LogP contribution in [0.3, 0.4) is 0 Å². The molecule has 18 atom stereocenters. The Bertz CT molecular complexity index is 4750. The van der Waals surface area contributed by atoms with Gasteiger partial charge < -0.3 is 91.8 Å². The van der Waals surface area contributed by atoms with Crippen LogP contribution < -0.4 is 49.3 Å². The molecule has 12 rings (SSSR count). The van der Waals surface area contributed by atoms with Crippen LogP contribution >= 0.6 is 7.82 Å². The fraction of sp³-hybridized carbons (Fsp3) is 0.525. The van der Waals surface area contributed by atoms with Gasteiger partial charge in [-0.1, -0.05) is 95.5 Å². The molecular weight excluding hydrogens is 1460 g/mol. The number of carbonyl (C=O) groups excluding carboxylic acids is 7. The van der Waals surface area contributed by atoms with E-state index >= 15 is 0 Å². The number of hydrogen-bond acceptors (Lipinski definition) is 13. The standard InChI is InChI=1S/C62H92N13O14P.C18H9.Co/c1-29-20-39-40(21-30(29)2)75(28-70-39)57-52(84)53(41(27-76)87-57)89-90(85,86)88-31(3)26-69-49(83)18-19-59(8)37(22-46(66)80)56-62(11)61(10,25-48(68)82)36(14-17-45(65)79)51(74-62)33(5)55-60(9,24-47(67)81)34(12-15-43(63)77)38(71-55)23-42-58(6,7)35(13-16-44(64)78)50(72-42)32(4)54(59)73-56;1-2-12-6-7-15-9-8-13-4-3-5-14-10-11-16(12)18(15)17(13)14;/h20-21,23,28,31,34-37,41-42,50-53,56-57,76,84H,12-19,22,24-27H2,1-11H3,(H14,63,64,65,66,67,68,69,77,78,79,80,81,82,83,85,86);3-11H;/q-4;-1;/b38-23-,54-32-,55-33-;;/t31-,34-,35-,36-,37+,41-,42?,50+,51?,52-,53-,56-,57+,59-,60+,61+,62+;;/m1../s1. The molecule has 5 aromatic carbocycles. The Morgan fingerprint density at radius 1 is 0.734 bits per heavy atom. The van der Waals surface area contributed by atoms with Crippen molar-refractivity contribution in [3.05, 3.63) is 152 Å². The number of fused-ring (bicyclic) bond motifs is 10. The molecule has 7 amide bonds. The third-order valence-electron chi connectivity index (χ3n) is 24.9. The van der Waals surface area contributed by atoms with E-state index in [0.29, 0.717) is 39.3 Å². The van der Waals surface area contributed by atoms with Crippen molar-refractivity contribution < 1.29 is 88.4 Å². The molecule has 16 N–H and O–H groups in total. The minimum atomic E-state index is -5.06. The van der Waals surface area contributed by atoms with Crippen LogP contribution in [0.4, 0.5) is 0 Å². The number of phosphoric acid groups is 1. The first-order valence-electron chi connectivity index (χ1n) is 36.8. The molecule has 589 valence electrons. The summed E-state index contributed by atoms with van der Waals surface area (Å²) in [7, 11) is -5.06. The maximum absolute atomic E-state index is 14.4. The number of aliphatic hydroxyl groups excluding tert-OH is 2. The summed E-state index contributed by atoms with van der Waals surface area (Å²) in [5, 5.41) is 54.4. The number of imidazole rings is 1. The number of hydrogen-bond donors (Lipinski definition) is 10. The fourth-order valence-corrected chi connectivity index (χ4v) is 20.1. The average Bonchev–Trinajstić information content (AvgIpc) is 1.53. The van der Waals surface area contributed by atoms with Crippen LogP contribution in [0.2, 0.25) is 0 Å². The van der Waals surface area contributed by atoms with E-state index in [1.807, 2.05) is 93.5 Å². The minimum Gasteiger partial charge on any atom is -0.685 e. The van der Waals surface area contributed by atoms with Crippen molar-refractivity contribution in [1.29, 1.82) is 0 Å². The van der Waals surface area contributed by atoms with Gasteiger partial charge in [0.25, 0.3) is 0 Å². The third kappa shape index (κ3) is 15.8. The quantitative estimate of drug-likeness (QED) is 0.00801. The van der Waals surface area contributed by atoms with Gasteiger partial charge in [0.15, 0.2) is 6.23 Å². The molecule has 29 heteroatoms. The number of ether oxygens (including phenoxy) is 1. The number of allylic oxidation sites excluding steroid dienone is 3. The Hall–Kier alpha value is -8.30. The van der Waals surface area contributed by atoms with Crippen LogP contribution in [0.1, 0.15) is 156 Å². The van der Waals surface area contributed by atoms with Gasteiger partial charge in [0.1, 0.15) is 18.3 Å². The van der Waals surface area contributed by atoms with Gasteiger partial charge in [0, 0.05) is 68.3 Å². The van der Waals surface area contributed by atoms with Crippen molar-refractivity contribution in [3.63, 3.8) is 0 Å². The van der Waals surface area contributed by atoms with Gasteiger partial charge in [-0.2, -0.15) is 17.1 Å². The van der Waals surface area contributed by atoms with Gasteiger partial charge in [-0.3, -0.25) is 48.5 Å². The second-order valence-electron chi connectivity index (χ2n) is 32.2. The van der Waals surface area contributed by atoms with E-state index in [-0.39, 0.29) is 94.0 Å². The van der Waals surface area contributed by atoms with Gasteiger partial charge in [-0.05, 0) is 156 Å². The van der Waals surface area contributed by atoms with Gasteiger partial charge in [-0.15, -0.1) is 58.6 Å². The Labute approximate surface area is 645 Å². The van der Waals surface area contributed by atoms with Crippen molar-refractivity contribution in [2.75, 3.05) is 13.2 Å². The molecule has 27 nitrogen and oxygen atoms in total. The summed E-state index contributed by atoms with van der Waals surface area (Å²) in [5.74, 6) is -4.38. The minimum absolute atomic E-state index is 0. The monoisotopic (exact) mass is 1560 g/mol. The summed E-state index contributed by atoms with van der Waals surface area (Å²) in [6.45, 7) is 19.5. The summed E-state index contributed by atoms with van der Waals surface area (Å²) >= 11 is 0. The van der Waals surface area contributed by atoms with Crippen LogP contribution in [-0.4, -0.2) is 124 Å². The predicted molar refractivity (Wildman–Crippen MR) is 407 cm³/mol. The molecule has 8 bridgehead atoms. The average molecular weight is 1560 g/mol. The summed E-state index contributed by atoms with van der Waals surface area (Å²) in [6.07, 6.45) is 3.42. The van der Waals surface area contributed by atoms with E-state index in [1.165, 1.54) is 40.2 Å². The van der Waals surface area contributed by atoms with E-state index in [9.17, 15) is 53.2 Å². The zero-order chi connectivity index (χ0) is 78.8. The first-order valence-corrected chi connectivity index (χ1v) is 38.3. The first kappa shape index (κ1) is 83.2. The smallest absolute Gasteiger partial charge is 0.472 e.